The maximum atomic E-state index is 12.5. The Balaban J connectivity index is 1.20. The average Bonchev–Trinajstić information content (AvgIpc) is 2.86. The summed E-state index contributed by atoms with van der Waals surface area (Å²) in [6.45, 7) is 1.86. The highest BCUT2D eigenvalue weighted by Gasteiger charge is 2.24. The lowest BCUT2D eigenvalue weighted by molar-refractivity contribution is -0.141. The van der Waals surface area contributed by atoms with Gasteiger partial charge in [0.25, 0.3) is 11.8 Å². The zero-order chi connectivity index (χ0) is 22.3. The number of carbonyl (C=O) groups excluding carboxylic acids is 2. The molecule has 4 rings (SSSR count). The van der Waals surface area contributed by atoms with Crippen molar-refractivity contribution in [1.29, 1.82) is 0 Å². The highest BCUT2D eigenvalue weighted by Crippen LogP contribution is 2.21. The van der Waals surface area contributed by atoms with Gasteiger partial charge in [0.1, 0.15) is 17.2 Å². The Morgan fingerprint density at radius 3 is 1.78 bits per heavy atom. The third-order valence-corrected chi connectivity index (χ3v) is 5.49. The summed E-state index contributed by atoms with van der Waals surface area (Å²) in [6, 6.07) is 20.9. The molecule has 0 aliphatic carbocycles. The van der Waals surface area contributed by atoms with Crippen molar-refractivity contribution in [3.8, 4) is 17.2 Å². The molecule has 32 heavy (non-hydrogen) atoms. The van der Waals surface area contributed by atoms with E-state index < -0.39 is 0 Å². The molecule has 0 aromatic heterocycles. The second-order valence-electron chi connectivity index (χ2n) is 7.52. The first-order valence-corrected chi connectivity index (χ1v) is 10.6. The van der Waals surface area contributed by atoms with E-state index in [4.69, 9.17) is 14.2 Å². The average molecular weight is 434 g/mol. The van der Waals surface area contributed by atoms with Crippen LogP contribution in [0, 0.1) is 0 Å². The molecule has 1 fully saturated rings. The molecule has 1 heterocycles. The zero-order valence-corrected chi connectivity index (χ0v) is 18.0. The second kappa shape index (κ2) is 10.0. The number of hydrogen-bond donors (Lipinski definition) is 0. The van der Waals surface area contributed by atoms with E-state index in [0.717, 1.165) is 16.5 Å². The van der Waals surface area contributed by atoms with E-state index in [1.807, 2.05) is 42.5 Å². The summed E-state index contributed by atoms with van der Waals surface area (Å²) in [6.07, 6.45) is 0. The molecule has 7 heteroatoms. The van der Waals surface area contributed by atoms with Gasteiger partial charge in [0.05, 0.1) is 7.11 Å². The lowest BCUT2D eigenvalue weighted by atomic mass is 10.1. The van der Waals surface area contributed by atoms with Crippen LogP contribution in [0.15, 0.2) is 66.7 Å². The number of fused-ring (bicyclic) bond motifs is 1. The number of ether oxygens (including phenoxy) is 3. The van der Waals surface area contributed by atoms with Gasteiger partial charge in [-0.3, -0.25) is 9.59 Å². The molecular formula is C25H26N2O5. The first-order chi connectivity index (χ1) is 15.6. The molecule has 1 saturated heterocycles. The molecule has 2 amide bonds. The molecule has 0 atom stereocenters. The summed E-state index contributed by atoms with van der Waals surface area (Å²) >= 11 is 0. The maximum absolute atomic E-state index is 12.5. The van der Waals surface area contributed by atoms with Crippen LogP contribution in [-0.4, -0.2) is 68.1 Å². The molecule has 0 spiro atoms. The van der Waals surface area contributed by atoms with Crippen molar-refractivity contribution in [1.82, 2.24) is 9.80 Å². The molecule has 3 aromatic rings. The van der Waals surface area contributed by atoms with Crippen LogP contribution < -0.4 is 14.2 Å². The SMILES string of the molecule is COc1ccc(OCC(=O)N2CCN(C(=O)COc3ccc4ccccc4c3)CC2)cc1. The van der Waals surface area contributed by atoms with Crippen LogP contribution >= 0.6 is 0 Å². The van der Waals surface area contributed by atoms with Crippen molar-refractivity contribution in [2.24, 2.45) is 0 Å². The molecule has 7 nitrogen and oxygen atoms in total. The molecule has 0 saturated carbocycles. The van der Waals surface area contributed by atoms with Crippen LogP contribution in [0.2, 0.25) is 0 Å². The van der Waals surface area contributed by atoms with Crippen LogP contribution in [0.5, 0.6) is 17.2 Å². The predicted octanol–water partition coefficient (Wildman–Crippen LogP) is 2.98. The van der Waals surface area contributed by atoms with Crippen LogP contribution in [0.25, 0.3) is 10.8 Å². The van der Waals surface area contributed by atoms with E-state index in [9.17, 15) is 9.59 Å². The molecule has 0 unspecified atom stereocenters. The zero-order valence-electron chi connectivity index (χ0n) is 18.0. The normalized spacial score (nSPS) is 13.7. The third kappa shape index (κ3) is 5.29. The standard InChI is InChI=1S/C25H26N2O5/c1-30-21-8-10-22(11-9-21)31-17-24(28)26-12-14-27(15-13-26)25(29)18-32-23-7-6-19-4-2-3-5-20(19)16-23/h2-11,16H,12-15,17-18H2,1H3. The van der Waals surface area contributed by atoms with Crippen LogP contribution in [0.3, 0.4) is 0 Å². The molecule has 1 aliphatic rings. The number of methoxy groups -OCH3 is 1. The van der Waals surface area contributed by atoms with Gasteiger partial charge in [-0.15, -0.1) is 0 Å². The van der Waals surface area contributed by atoms with Crippen molar-refractivity contribution < 1.29 is 23.8 Å². The number of hydrogen-bond acceptors (Lipinski definition) is 5. The minimum Gasteiger partial charge on any atom is -0.497 e. The Labute approximate surface area is 187 Å². The van der Waals surface area contributed by atoms with Crippen molar-refractivity contribution >= 4 is 22.6 Å². The first kappa shape index (κ1) is 21.5. The van der Waals surface area contributed by atoms with E-state index in [0.29, 0.717) is 37.7 Å². The van der Waals surface area contributed by atoms with E-state index in [1.165, 1.54) is 0 Å². The molecular weight excluding hydrogens is 408 g/mol. The summed E-state index contributed by atoms with van der Waals surface area (Å²) in [7, 11) is 1.60. The fourth-order valence-electron chi connectivity index (χ4n) is 3.61. The van der Waals surface area contributed by atoms with Gasteiger partial charge < -0.3 is 24.0 Å². The molecule has 0 bridgehead atoms. The molecule has 166 valence electrons. The van der Waals surface area contributed by atoms with E-state index in [2.05, 4.69) is 0 Å². The van der Waals surface area contributed by atoms with Crippen molar-refractivity contribution in [2.45, 2.75) is 0 Å². The third-order valence-electron chi connectivity index (χ3n) is 5.49. The Morgan fingerprint density at radius 2 is 1.19 bits per heavy atom. The molecule has 0 radical (unpaired) electrons. The monoisotopic (exact) mass is 434 g/mol. The number of amides is 2. The smallest absolute Gasteiger partial charge is 0.260 e. The van der Waals surface area contributed by atoms with Gasteiger partial charge in [0.15, 0.2) is 13.2 Å². The van der Waals surface area contributed by atoms with Gasteiger partial charge in [-0.25, -0.2) is 0 Å². The minimum absolute atomic E-state index is 0.0210. The first-order valence-electron chi connectivity index (χ1n) is 10.6. The fourth-order valence-corrected chi connectivity index (χ4v) is 3.61. The van der Waals surface area contributed by atoms with Crippen molar-refractivity contribution in [3.05, 3.63) is 66.7 Å². The predicted molar refractivity (Wildman–Crippen MR) is 121 cm³/mol. The maximum Gasteiger partial charge on any atom is 0.260 e. The Hall–Kier alpha value is -3.74. The van der Waals surface area contributed by atoms with Crippen molar-refractivity contribution in [2.75, 3.05) is 46.5 Å². The number of rotatable bonds is 7. The molecule has 3 aromatic carbocycles. The van der Waals surface area contributed by atoms with Crippen LogP contribution in [-0.2, 0) is 9.59 Å². The summed E-state index contributed by atoms with van der Waals surface area (Å²) in [4.78, 5) is 28.4. The van der Waals surface area contributed by atoms with Gasteiger partial charge in [-0.05, 0) is 47.2 Å². The van der Waals surface area contributed by atoms with Gasteiger partial charge >= 0.3 is 0 Å². The lowest BCUT2D eigenvalue weighted by Crippen LogP contribution is -2.52. The summed E-state index contributed by atoms with van der Waals surface area (Å²) in [5.74, 6) is 1.83. The minimum atomic E-state index is -0.0969. The largest absolute Gasteiger partial charge is 0.497 e. The molecule has 0 N–H and O–H groups in total. The summed E-state index contributed by atoms with van der Waals surface area (Å²) in [5, 5.41) is 2.20. The Kier molecular flexibility index (Phi) is 6.75. The lowest BCUT2D eigenvalue weighted by Gasteiger charge is -2.34. The summed E-state index contributed by atoms with van der Waals surface area (Å²) < 4.78 is 16.4. The van der Waals surface area contributed by atoms with Crippen LogP contribution in [0.4, 0.5) is 0 Å². The van der Waals surface area contributed by atoms with E-state index in [-0.39, 0.29) is 25.0 Å². The summed E-state index contributed by atoms with van der Waals surface area (Å²) in [5.41, 5.74) is 0. The fraction of sp³-hybridized carbons (Fsp3) is 0.280. The quantitative estimate of drug-likeness (QED) is 0.572. The molecule has 1 aliphatic heterocycles. The number of benzene rings is 3. The van der Waals surface area contributed by atoms with Gasteiger partial charge in [0.2, 0.25) is 0 Å². The van der Waals surface area contributed by atoms with Gasteiger partial charge in [-0.2, -0.15) is 0 Å². The Bertz CT molecular complexity index is 1080. The van der Waals surface area contributed by atoms with E-state index >= 15 is 0 Å². The van der Waals surface area contributed by atoms with Crippen LogP contribution in [0.1, 0.15) is 0 Å². The Morgan fingerprint density at radius 1 is 0.688 bits per heavy atom. The van der Waals surface area contributed by atoms with Gasteiger partial charge in [-0.1, -0.05) is 30.3 Å². The topological polar surface area (TPSA) is 68.3 Å². The number of piperazine rings is 1. The highest BCUT2D eigenvalue weighted by atomic mass is 16.5. The van der Waals surface area contributed by atoms with E-state index in [1.54, 1.807) is 41.2 Å². The number of nitrogens with zero attached hydrogens (tertiary/aromatic N) is 2. The van der Waals surface area contributed by atoms with Gasteiger partial charge in [0, 0.05) is 26.2 Å². The highest BCUT2D eigenvalue weighted by molar-refractivity contribution is 5.84. The number of carbonyl (C=O) groups is 2. The van der Waals surface area contributed by atoms with Crippen molar-refractivity contribution in [3.63, 3.8) is 0 Å². The second-order valence-corrected chi connectivity index (χ2v) is 7.52.